The van der Waals surface area contributed by atoms with Crippen molar-refractivity contribution < 1.29 is 9.90 Å². The predicted octanol–water partition coefficient (Wildman–Crippen LogP) is 4.16. The molecule has 0 aliphatic rings. The molecule has 4 heteroatoms. The van der Waals surface area contributed by atoms with Crippen LogP contribution in [0.3, 0.4) is 0 Å². The number of carbonyl (C=O) groups is 1. The predicted molar refractivity (Wildman–Crippen MR) is 73.8 cm³/mol. The van der Waals surface area contributed by atoms with Gasteiger partial charge in [0.25, 0.3) is 0 Å². The van der Waals surface area contributed by atoms with E-state index < -0.39 is 11.3 Å². The molecule has 0 atom stereocenters. The van der Waals surface area contributed by atoms with Crippen LogP contribution in [-0.4, -0.2) is 37.2 Å². The molecule has 0 aliphatic heterocycles. The summed E-state index contributed by atoms with van der Waals surface area (Å²) in [7, 11) is 0. The Labute approximate surface area is 101 Å². The zero-order valence-corrected chi connectivity index (χ0v) is 12.6. The van der Waals surface area contributed by atoms with Gasteiger partial charge in [-0.2, -0.15) is 0 Å². The molecule has 0 rings (SSSR count). The van der Waals surface area contributed by atoms with Crippen LogP contribution in [0.2, 0.25) is 0 Å². The van der Waals surface area contributed by atoms with Crippen molar-refractivity contribution in [3.63, 3.8) is 0 Å². The number of aliphatic carboxylic acids is 1. The molecule has 0 amide bonds. The average molecular weight is 299 g/mol. The van der Waals surface area contributed by atoms with Crippen LogP contribution in [0.15, 0.2) is 0 Å². The van der Waals surface area contributed by atoms with E-state index in [9.17, 15) is 4.79 Å². The molecule has 15 heavy (non-hydrogen) atoms. The van der Waals surface area contributed by atoms with E-state index >= 15 is 0 Å². The van der Waals surface area contributed by atoms with E-state index in [1.54, 1.807) is 0 Å². The van der Waals surface area contributed by atoms with Crippen LogP contribution < -0.4 is 0 Å². The van der Waals surface area contributed by atoms with Crippen LogP contribution >= 0.6 is 20.8 Å². The molecular formula is C11H24BrO2P. The molecule has 1 N–H and O–H groups in total. The van der Waals surface area contributed by atoms with Gasteiger partial charge >= 0.3 is 101 Å². The molecule has 0 heterocycles. The monoisotopic (exact) mass is 298 g/mol. The Balaban J connectivity index is 3.30. The van der Waals surface area contributed by atoms with Gasteiger partial charge in [-0.05, 0) is 0 Å². The molecule has 0 aliphatic carbocycles. The summed E-state index contributed by atoms with van der Waals surface area (Å²) in [6.45, 7) is 6.99. The van der Waals surface area contributed by atoms with E-state index in [0.29, 0.717) is 6.42 Å². The van der Waals surface area contributed by atoms with Gasteiger partial charge in [-0.25, -0.2) is 0 Å². The van der Waals surface area contributed by atoms with Gasteiger partial charge in [0.2, 0.25) is 0 Å². The van der Waals surface area contributed by atoms with Crippen LogP contribution in [0.4, 0.5) is 0 Å². The van der Waals surface area contributed by atoms with E-state index in [4.69, 9.17) is 5.11 Å². The molecule has 0 spiro atoms. The SMILES string of the molecule is CP(C)(C)(Br)CCCCCCCC(=O)O. The number of unbranched alkanes of at least 4 members (excludes halogenated alkanes) is 4. The number of hydrogen-bond donors (Lipinski definition) is 1. The summed E-state index contributed by atoms with van der Waals surface area (Å²) in [5, 5.41) is 6.98. The normalized spacial score (nSPS) is 14.5. The summed E-state index contributed by atoms with van der Waals surface area (Å²) >= 11 is 3.84. The van der Waals surface area contributed by atoms with Crippen molar-refractivity contribution >= 4 is 26.8 Å². The molecule has 0 aromatic rings. The van der Waals surface area contributed by atoms with Gasteiger partial charge in [0.05, 0.1) is 0 Å². The molecule has 2 nitrogen and oxygen atoms in total. The number of halogens is 1. The molecule has 0 unspecified atom stereocenters. The first-order valence-corrected chi connectivity index (χ1v) is 11.4. The molecule has 0 fully saturated rings. The Kier molecular flexibility index (Phi) is 6.36. The summed E-state index contributed by atoms with van der Waals surface area (Å²) in [6.07, 6.45) is 7.17. The van der Waals surface area contributed by atoms with E-state index in [1.165, 1.54) is 25.4 Å². The van der Waals surface area contributed by atoms with E-state index in [2.05, 4.69) is 35.5 Å². The Morgan fingerprint density at radius 2 is 1.53 bits per heavy atom. The zero-order valence-electron chi connectivity index (χ0n) is 10.1. The molecule has 0 aromatic carbocycles. The number of carboxylic acids is 1. The summed E-state index contributed by atoms with van der Waals surface area (Å²) in [6, 6.07) is 0. The molecular weight excluding hydrogens is 275 g/mol. The Bertz CT molecular complexity index is 199. The number of rotatable bonds is 8. The van der Waals surface area contributed by atoms with Crippen molar-refractivity contribution in [2.24, 2.45) is 0 Å². The van der Waals surface area contributed by atoms with Crippen molar-refractivity contribution in [1.82, 2.24) is 0 Å². The molecule has 0 radical (unpaired) electrons. The molecule has 0 saturated heterocycles. The van der Waals surface area contributed by atoms with E-state index in [1.807, 2.05) is 0 Å². The minimum absolute atomic E-state index is 0.327. The van der Waals surface area contributed by atoms with Gasteiger partial charge in [0.15, 0.2) is 0 Å². The van der Waals surface area contributed by atoms with Gasteiger partial charge in [0.1, 0.15) is 0 Å². The quantitative estimate of drug-likeness (QED) is 0.539. The van der Waals surface area contributed by atoms with Crippen LogP contribution in [-0.2, 0) is 4.79 Å². The molecule has 0 aromatic heterocycles. The van der Waals surface area contributed by atoms with E-state index in [0.717, 1.165) is 12.8 Å². The first-order chi connectivity index (χ1) is 6.67. The minimum atomic E-state index is -1.48. The van der Waals surface area contributed by atoms with Crippen LogP contribution in [0.1, 0.15) is 38.5 Å². The Hall–Kier alpha value is 0.380. The molecule has 0 saturated carbocycles. The van der Waals surface area contributed by atoms with Crippen molar-refractivity contribution in [2.75, 3.05) is 26.2 Å². The van der Waals surface area contributed by atoms with Gasteiger partial charge in [0, 0.05) is 0 Å². The third kappa shape index (κ3) is 14.4. The van der Waals surface area contributed by atoms with Crippen LogP contribution in [0.5, 0.6) is 0 Å². The van der Waals surface area contributed by atoms with Crippen molar-refractivity contribution in [1.29, 1.82) is 0 Å². The average Bonchev–Trinajstić information content (AvgIpc) is 1.98. The van der Waals surface area contributed by atoms with Gasteiger partial charge < -0.3 is 0 Å². The van der Waals surface area contributed by atoms with Gasteiger partial charge in [-0.3, -0.25) is 0 Å². The zero-order chi connectivity index (χ0) is 12.0. The number of carboxylic acid groups (broad SMARTS) is 1. The molecule has 92 valence electrons. The second kappa shape index (κ2) is 6.20. The Morgan fingerprint density at radius 1 is 1.07 bits per heavy atom. The standard InChI is InChI=1S/C11H24BrO2P/c1-15(2,3,12)10-8-6-4-5-7-9-11(13)14/h4-10H2,1-3H3,(H,13,14). The first-order valence-electron chi connectivity index (χ1n) is 5.61. The summed E-state index contributed by atoms with van der Waals surface area (Å²) in [4.78, 5) is 10.3. The van der Waals surface area contributed by atoms with Crippen molar-refractivity contribution in [3.05, 3.63) is 0 Å². The fourth-order valence-electron chi connectivity index (χ4n) is 1.45. The fourth-order valence-corrected chi connectivity index (χ4v) is 3.50. The number of hydrogen-bond acceptors (Lipinski definition) is 1. The maximum absolute atomic E-state index is 10.3. The second-order valence-electron chi connectivity index (χ2n) is 5.55. The fraction of sp³-hybridized carbons (Fsp3) is 0.909. The van der Waals surface area contributed by atoms with E-state index in [-0.39, 0.29) is 0 Å². The second-order valence-corrected chi connectivity index (χ2v) is 19.7. The topological polar surface area (TPSA) is 37.3 Å². The summed E-state index contributed by atoms with van der Waals surface area (Å²) in [5.74, 6) is -0.670. The summed E-state index contributed by atoms with van der Waals surface area (Å²) in [5.41, 5.74) is 0. The van der Waals surface area contributed by atoms with Crippen LogP contribution in [0.25, 0.3) is 0 Å². The third-order valence-electron chi connectivity index (χ3n) is 2.30. The third-order valence-corrected chi connectivity index (χ3v) is 5.19. The van der Waals surface area contributed by atoms with Gasteiger partial charge in [-0.15, -0.1) is 0 Å². The van der Waals surface area contributed by atoms with Crippen molar-refractivity contribution in [3.8, 4) is 0 Å². The summed E-state index contributed by atoms with van der Waals surface area (Å²) < 4.78 is 0. The van der Waals surface area contributed by atoms with Crippen molar-refractivity contribution in [2.45, 2.75) is 38.5 Å². The first kappa shape index (κ1) is 15.4. The van der Waals surface area contributed by atoms with Crippen LogP contribution in [0, 0.1) is 0 Å². The maximum atomic E-state index is 10.3. The molecule has 0 bridgehead atoms. The Morgan fingerprint density at radius 3 is 2.00 bits per heavy atom. The van der Waals surface area contributed by atoms with Gasteiger partial charge in [-0.1, -0.05) is 0 Å².